The largest absolute Gasteiger partial charge is 0.361 e. The third-order valence-electron chi connectivity index (χ3n) is 2.92. The van der Waals surface area contributed by atoms with Crippen LogP contribution in [0.2, 0.25) is 0 Å². The smallest absolute Gasteiger partial charge is 0.169 e. The molecule has 1 fully saturated rings. The van der Waals surface area contributed by atoms with Gasteiger partial charge in [0.05, 0.1) is 6.10 Å². The van der Waals surface area contributed by atoms with E-state index >= 15 is 0 Å². The van der Waals surface area contributed by atoms with Crippen LogP contribution in [0.15, 0.2) is 0 Å². The van der Waals surface area contributed by atoms with Gasteiger partial charge in [0.15, 0.2) is 5.78 Å². The van der Waals surface area contributed by atoms with E-state index in [0.717, 1.165) is 6.42 Å². The summed E-state index contributed by atoms with van der Waals surface area (Å²) < 4.78 is 5.44. The zero-order valence-electron chi connectivity index (χ0n) is 10.5. The van der Waals surface area contributed by atoms with Gasteiger partial charge >= 0.3 is 0 Å². The number of Topliss-reactive ketones (excluding diaryl/α,β-unsaturated/α-hetero) is 1. The maximum Gasteiger partial charge on any atom is 0.169 e. The fraction of sp³-hybridized carbons (Fsp3) is 0.923. The molecule has 0 N–H and O–H groups in total. The van der Waals surface area contributed by atoms with Gasteiger partial charge in [-0.2, -0.15) is 0 Å². The molecule has 0 aromatic heterocycles. The van der Waals surface area contributed by atoms with Crippen LogP contribution in [0.3, 0.4) is 0 Å². The Bertz CT molecular complexity index is 215. The molecule has 2 atom stereocenters. The first-order valence-corrected chi connectivity index (χ1v) is 6.16. The molecule has 1 saturated heterocycles. The topological polar surface area (TPSA) is 29.6 Å². The van der Waals surface area contributed by atoms with E-state index in [4.69, 9.17) is 4.74 Å². The third kappa shape index (κ3) is 3.94. The molecule has 0 spiro atoms. The van der Waals surface area contributed by atoms with Crippen molar-refractivity contribution in [1.82, 2.24) is 0 Å². The second kappa shape index (κ2) is 5.11. The summed E-state index contributed by atoms with van der Waals surface area (Å²) in [6, 6.07) is 0. The Hall–Kier alpha value is -0.370. The van der Waals surface area contributed by atoms with Crippen LogP contribution >= 0.6 is 0 Å². The summed E-state index contributed by atoms with van der Waals surface area (Å²) in [5.74, 6) is 0.267. The molecule has 2 heteroatoms. The van der Waals surface area contributed by atoms with Gasteiger partial charge in [-0.15, -0.1) is 0 Å². The Kier molecular flexibility index (Phi) is 4.32. The standard InChI is InChI=1S/C13H24O2/c1-5-6-7-8-9-10-11(15-10)12(14)13(2,3)4/h10-11H,5-9H2,1-4H3/t10-,11-/m1/s1. The highest BCUT2D eigenvalue weighted by molar-refractivity contribution is 5.90. The van der Waals surface area contributed by atoms with E-state index in [-0.39, 0.29) is 23.4 Å². The van der Waals surface area contributed by atoms with E-state index in [1.165, 1.54) is 25.7 Å². The molecule has 1 rings (SSSR count). The van der Waals surface area contributed by atoms with Gasteiger partial charge in [0, 0.05) is 5.41 Å². The Balaban J connectivity index is 2.15. The van der Waals surface area contributed by atoms with Gasteiger partial charge in [-0.25, -0.2) is 0 Å². The minimum Gasteiger partial charge on any atom is -0.361 e. The number of rotatable bonds is 6. The first-order valence-electron chi connectivity index (χ1n) is 6.16. The van der Waals surface area contributed by atoms with Crippen molar-refractivity contribution in [2.75, 3.05) is 0 Å². The van der Waals surface area contributed by atoms with Crippen LogP contribution in [0, 0.1) is 5.41 Å². The van der Waals surface area contributed by atoms with Crippen molar-refractivity contribution in [2.24, 2.45) is 5.41 Å². The van der Waals surface area contributed by atoms with Gasteiger partial charge in [-0.05, 0) is 6.42 Å². The van der Waals surface area contributed by atoms with Crippen LogP contribution in [0.25, 0.3) is 0 Å². The van der Waals surface area contributed by atoms with Gasteiger partial charge in [-0.3, -0.25) is 4.79 Å². The van der Waals surface area contributed by atoms with Gasteiger partial charge in [-0.1, -0.05) is 53.4 Å². The highest BCUT2D eigenvalue weighted by Crippen LogP contribution is 2.33. The van der Waals surface area contributed by atoms with Crippen molar-refractivity contribution in [3.63, 3.8) is 0 Å². The number of hydrogen-bond acceptors (Lipinski definition) is 2. The summed E-state index contributed by atoms with van der Waals surface area (Å²) in [4.78, 5) is 11.8. The van der Waals surface area contributed by atoms with E-state index in [1.807, 2.05) is 20.8 Å². The molecule has 15 heavy (non-hydrogen) atoms. The average molecular weight is 212 g/mol. The lowest BCUT2D eigenvalue weighted by molar-refractivity contribution is -0.127. The van der Waals surface area contributed by atoms with E-state index in [9.17, 15) is 4.79 Å². The summed E-state index contributed by atoms with van der Waals surface area (Å²) in [5, 5.41) is 0. The fourth-order valence-electron chi connectivity index (χ4n) is 1.79. The van der Waals surface area contributed by atoms with Crippen molar-refractivity contribution in [3.05, 3.63) is 0 Å². The average Bonchev–Trinajstić information content (AvgIpc) is 2.89. The van der Waals surface area contributed by atoms with Crippen LogP contribution in [-0.2, 0) is 9.53 Å². The predicted molar refractivity (Wildman–Crippen MR) is 61.9 cm³/mol. The molecule has 0 saturated carbocycles. The zero-order valence-corrected chi connectivity index (χ0v) is 10.5. The summed E-state index contributed by atoms with van der Waals surface area (Å²) in [6.45, 7) is 8.10. The first kappa shape index (κ1) is 12.7. The molecule has 88 valence electrons. The molecule has 2 nitrogen and oxygen atoms in total. The quantitative estimate of drug-likeness (QED) is 0.499. The number of unbranched alkanes of at least 4 members (excludes halogenated alkanes) is 3. The summed E-state index contributed by atoms with van der Waals surface area (Å²) >= 11 is 0. The summed E-state index contributed by atoms with van der Waals surface area (Å²) in [6.07, 6.45) is 6.23. The fourth-order valence-corrected chi connectivity index (χ4v) is 1.79. The third-order valence-corrected chi connectivity index (χ3v) is 2.92. The van der Waals surface area contributed by atoms with Crippen LogP contribution in [0.4, 0.5) is 0 Å². The molecule has 0 bridgehead atoms. The summed E-state index contributed by atoms with van der Waals surface area (Å²) in [5.41, 5.74) is -0.247. The predicted octanol–water partition coefficient (Wildman–Crippen LogP) is 3.34. The highest BCUT2D eigenvalue weighted by Gasteiger charge is 2.47. The number of ether oxygens (including phenoxy) is 1. The molecule has 1 heterocycles. The van der Waals surface area contributed by atoms with Crippen LogP contribution in [0.5, 0.6) is 0 Å². The molecule has 1 aliphatic rings. The molecule has 0 unspecified atom stereocenters. The molecule has 0 aromatic carbocycles. The second-order valence-electron chi connectivity index (χ2n) is 5.56. The van der Waals surface area contributed by atoms with Crippen molar-refractivity contribution in [1.29, 1.82) is 0 Å². The molecule has 0 aliphatic carbocycles. The van der Waals surface area contributed by atoms with Crippen molar-refractivity contribution < 1.29 is 9.53 Å². The highest BCUT2D eigenvalue weighted by atomic mass is 16.6. The van der Waals surface area contributed by atoms with Crippen molar-refractivity contribution >= 4 is 5.78 Å². The minimum absolute atomic E-state index is 0.0911. The van der Waals surface area contributed by atoms with Crippen LogP contribution in [0.1, 0.15) is 59.8 Å². The maximum atomic E-state index is 11.8. The lowest BCUT2D eigenvalue weighted by Gasteiger charge is -2.14. The number of hydrogen-bond donors (Lipinski definition) is 0. The van der Waals surface area contributed by atoms with Gasteiger partial charge in [0.25, 0.3) is 0 Å². The van der Waals surface area contributed by atoms with Gasteiger partial charge in [0.2, 0.25) is 0 Å². The van der Waals surface area contributed by atoms with E-state index in [2.05, 4.69) is 6.92 Å². The Morgan fingerprint density at radius 1 is 1.20 bits per heavy atom. The maximum absolute atomic E-state index is 11.8. The SMILES string of the molecule is CCCCCC[C@H]1O[C@H]1C(=O)C(C)(C)C. The molecule has 0 amide bonds. The molecule has 0 radical (unpaired) electrons. The summed E-state index contributed by atoms with van der Waals surface area (Å²) in [7, 11) is 0. The lowest BCUT2D eigenvalue weighted by atomic mass is 9.87. The first-order chi connectivity index (χ1) is 6.96. The number of carbonyl (C=O) groups excluding carboxylic acids is 1. The second-order valence-corrected chi connectivity index (χ2v) is 5.56. The van der Waals surface area contributed by atoms with Gasteiger partial charge < -0.3 is 4.74 Å². The van der Waals surface area contributed by atoms with Crippen molar-refractivity contribution in [3.8, 4) is 0 Å². The van der Waals surface area contributed by atoms with Crippen LogP contribution < -0.4 is 0 Å². The zero-order chi connectivity index (χ0) is 11.5. The number of carbonyl (C=O) groups is 1. The van der Waals surface area contributed by atoms with E-state index in [0.29, 0.717) is 0 Å². The van der Waals surface area contributed by atoms with Crippen LogP contribution in [-0.4, -0.2) is 18.0 Å². The van der Waals surface area contributed by atoms with E-state index < -0.39 is 0 Å². The molecule has 0 aromatic rings. The Morgan fingerprint density at radius 2 is 1.87 bits per heavy atom. The molecule has 1 aliphatic heterocycles. The molecular weight excluding hydrogens is 188 g/mol. The Morgan fingerprint density at radius 3 is 2.40 bits per heavy atom. The minimum atomic E-state index is -0.247. The number of ketones is 1. The van der Waals surface area contributed by atoms with Gasteiger partial charge in [0.1, 0.15) is 6.10 Å². The number of epoxide rings is 1. The molecular formula is C13H24O2. The lowest BCUT2D eigenvalue weighted by Crippen LogP contribution is -2.26. The normalized spacial score (nSPS) is 25.3. The van der Waals surface area contributed by atoms with Crippen molar-refractivity contribution in [2.45, 2.75) is 72.0 Å². The monoisotopic (exact) mass is 212 g/mol. The Labute approximate surface area is 93.4 Å². The van der Waals surface area contributed by atoms with E-state index in [1.54, 1.807) is 0 Å².